The second-order valence-electron chi connectivity index (χ2n) is 4.76. The first-order valence-electron chi connectivity index (χ1n) is 6.10. The van der Waals surface area contributed by atoms with E-state index in [4.69, 9.17) is 5.73 Å². The van der Waals surface area contributed by atoms with Crippen molar-refractivity contribution in [2.24, 2.45) is 0 Å². The molecule has 1 aromatic carbocycles. The Balaban J connectivity index is 2.47. The van der Waals surface area contributed by atoms with Gasteiger partial charge >= 0.3 is 0 Å². The summed E-state index contributed by atoms with van der Waals surface area (Å²) < 4.78 is 40.1. The van der Waals surface area contributed by atoms with Gasteiger partial charge in [-0.25, -0.2) is 12.8 Å². The Morgan fingerprint density at radius 1 is 1.42 bits per heavy atom. The van der Waals surface area contributed by atoms with Gasteiger partial charge in [-0.05, 0) is 47.8 Å². The lowest BCUT2D eigenvalue weighted by Gasteiger charge is -2.32. The Hall–Kier alpha value is -0.660. The van der Waals surface area contributed by atoms with Crippen molar-refractivity contribution in [3.05, 3.63) is 22.4 Å². The molecule has 0 saturated carbocycles. The molecule has 1 aliphatic rings. The molecule has 1 aliphatic heterocycles. The quantitative estimate of drug-likeness (QED) is 0.834. The fourth-order valence-corrected chi connectivity index (χ4v) is 4.64. The Bertz CT molecular complexity index is 592. The summed E-state index contributed by atoms with van der Waals surface area (Å²) in [5.74, 6) is -0.567. The number of hydrogen-bond donors (Lipinski definition) is 1. The van der Waals surface area contributed by atoms with E-state index in [1.807, 2.05) is 6.92 Å². The van der Waals surface area contributed by atoms with E-state index in [-0.39, 0.29) is 21.1 Å². The third-order valence-corrected chi connectivity index (χ3v) is 6.06. The summed E-state index contributed by atoms with van der Waals surface area (Å²) in [5, 5.41) is 0. The van der Waals surface area contributed by atoms with Crippen LogP contribution in [0.25, 0.3) is 0 Å². The lowest BCUT2D eigenvalue weighted by molar-refractivity contribution is 0.269. The minimum atomic E-state index is -3.67. The number of nitrogens with zero attached hydrogens (tertiary/aromatic N) is 1. The number of sulfonamides is 1. The Morgan fingerprint density at radius 3 is 2.74 bits per heavy atom. The van der Waals surface area contributed by atoms with Gasteiger partial charge in [0.2, 0.25) is 10.0 Å². The van der Waals surface area contributed by atoms with Crippen molar-refractivity contribution in [3.8, 4) is 0 Å². The minimum absolute atomic E-state index is 0.0328. The zero-order chi connectivity index (χ0) is 14.2. The highest BCUT2D eigenvalue weighted by atomic mass is 79.9. The summed E-state index contributed by atoms with van der Waals surface area (Å²) in [6.07, 6.45) is 2.70. The molecule has 7 heteroatoms. The van der Waals surface area contributed by atoms with Crippen LogP contribution in [0.2, 0.25) is 0 Å². The van der Waals surface area contributed by atoms with E-state index in [0.717, 1.165) is 25.3 Å². The Kier molecular flexibility index (Phi) is 4.17. The summed E-state index contributed by atoms with van der Waals surface area (Å²) in [6.45, 7) is 2.36. The predicted molar refractivity (Wildman–Crippen MR) is 75.7 cm³/mol. The van der Waals surface area contributed by atoms with Crippen LogP contribution in [0.3, 0.4) is 0 Å². The first kappa shape index (κ1) is 14.7. The molecule has 19 heavy (non-hydrogen) atoms. The third-order valence-electron chi connectivity index (χ3n) is 3.38. The largest absolute Gasteiger partial charge is 0.398 e. The fourth-order valence-electron chi connectivity index (χ4n) is 2.32. The van der Waals surface area contributed by atoms with E-state index >= 15 is 0 Å². The van der Waals surface area contributed by atoms with Crippen LogP contribution in [-0.2, 0) is 10.0 Å². The minimum Gasteiger partial charge on any atom is -0.398 e. The summed E-state index contributed by atoms with van der Waals surface area (Å²) in [4.78, 5) is -0.0328. The van der Waals surface area contributed by atoms with Crippen LogP contribution in [0.15, 0.2) is 21.5 Å². The van der Waals surface area contributed by atoms with Crippen LogP contribution in [0.1, 0.15) is 26.2 Å². The van der Waals surface area contributed by atoms with Gasteiger partial charge in [-0.3, -0.25) is 0 Å². The number of halogens is 2. The molecule has 106 valence electrons. The van der Waals surface area contributed by atoms with Gasteiger partial charge in [0.1, 0.15) is 10.7 Å². The number of rotatable bonds is 2. The predicted octanol–water partition coefficient (Wildman–Crippen LogP) is 2.73. The van der Waals surface area contributed by atoms with Crippen molar-refractivity contribution in [2.45, 2.75) is 37.1 Å². The van der Waals surface area contributed by atoms with Gasteiger partial charge < -0.3 is 5.73 Å². The fraction of sp³-hybridized carbons (Fsp3) is 0.500. The zero-order valence-electron chi connectivity index (χ0n) is 10.6. The first-order valence-corrected chi connectivity index (χ1v) is 8.33. The van der Waals surface area contributed by atoms with Gasteiger partial charge in [-0.1, -0.05) is 6.42 Å². The topological polar surface area (TPSA) is 63.4 Å². The van der Waals surface area contributed by atoms with Gasteiger partial charge in [0.05, 0.1) is 10.2 Å². The maximum atomic E-state index is 13.3. The van der Waals surface area contributed by atoms with Crippen LogP contribution in [0.4, 0.5) is 10.1 Å². The van der Waals surface area contributed by atoms with Gasteiger partial charge in [0, 0.05) is 12.6 Å². The summed E-state index contributed by atoms with van der Waals surface area (Å²) >= 11 is 3.00. The number of piperidine rings is 1. The van der Waals surface area contributed by atoms with E-state index in [1.165, 1.54) is 10.4 Å². The van der Waals surface area contributed by atoms with Crippen LogP contribution in [-0.4, -0.2) is 25.3 Å². The van der Waals surface area contributed by atoms with Crippen molar-refractivity contribution in [1.29, 1.82) is 0 Å². The molecule has 0 aromatic heterocycles. The van der Waals surface area contributed by atoms with Crippen LogP contribution in [0, 0.1) is 5.82 Å². The van der Waals surface area contributed by atoms with E-state index in [0.29, 0.717) is 6.54 Å². The molecule has 1 saturated heterocycles. The van der Waals surface area contributed by atoms with E-state index < -0.39 is 15.8 Å². The average Bonchev–Trinajstić information content (AvgIpc) is 2.34. The van der Waals surface area contributed by atoms with E-state index in [9.17, 15) is 12.8 Å². The third kappa shape index (κ3) is 2.78. The second kappa shape index (κ2) is 5.38. The van der Waals surface area contributed by atoms with Crippen LogP contribution < -0.4 is 5.73 Å². The number of benzene rings is 1. The van der Waals surface area contributed by atoms with Gasteiger partial charge in [-0.2, -0.15) is 4.31 Å². The molecule has 1 aromatic rings. The molecule has 2 rings (SSSR count). The number of hydrogen-bond acceptors (Lipinski definition) is 3. The lowest BCUT2D eigenvalue weighted by atomic mass is 10.1. The SMILES string of the molecule is CC1CCCCN1S(=O)(=O)c1cc(Br)c(F)cc1N. The van der Waals surface area contributed by atoms with Crippen LogP contribution in [0.5, 0.6) is 0 Å². The zero-order valence-corrected chi connectivity index (χ0v) is 13.0. The highest BCUT2D eigenvalue weighted by molar-refractivity contribution is 9.10. The molecule has 1 atom stereocenters. The number of nitrogens with two attached hydrogens (primary N) is 1. The van der Waals surface area contributed by atoms with Crippen molar-refractivity contribution in [1.82, 2.24) is 4.31 Å². The standard InChI is InChI=1S/C12H16BrFN2O2S/c1-8-4-2-3-5-16(8)19(17,18)12-6-9(13)10(14)7-11(12)15/h6-8H,2-5,15H2,1H3. The maximum Gasteiger partial charge on any atom is 0.245 e. The summed E-state index contributed by atoms with van der Waals surface area (Å²) in [7, 11) is -3.67. The van der Waals surface area contributed by atoms with Crippen molar-refractivity contribution in [2.75, 3.05) is 12.3 Å². The van der Waals surface area contributed by atoms with Crippen LogP contribution >= 0.6 is 15.9 Å². The smallest absolute Gasteiger partial charge is 0.245 e. The molecule has 1 fully saturated rings. The first-order chi connectivity index (χ1) is 8.84. The highest BCUT2D eigenvalue weighted by Gasteiger charge is 2.32. The second-order valence-corrected chi connectivity index (χ2v) is 7.48. The van der Waals surface area contributed by atoms with Crippen molar-refractivity contribution >= 4 is 31.6 Å². The summed E-state index contributed by atoms with van der Waals surface area (Å²) in [6, 6.07) is 2.22. The summed E-state index contributed by atoms with van der Waals surface area (Å²) in [5.41, 5.74) is 5.60. The molecule has 1 heterocycles. The molecule has 0 aliphatic carbocycles. The number of anilines is 1. The maximum absolute atomic E-state index is 13.3. The molecule has 2 N–H and O–H groups in total. The number of nitrogen functional groups attached to an aromatic ring is 1. The molecule has 0 radical (unpaired) electrons. The monoisotopic (exact) mass is 350 g/mol. The van der Waals surface area contributed by atoms with E-state index in [1.54, 1.807) is 0 Å². The van der Waals surface area contributed by atoms with Crippen molar-refractivity contribution < 1.29 is 12.8 Å². The normalized spacial score (nSPS) is 21.5. The molecule has 4 nitrogen and oxygen atoms in total. The molecular weight excluding hydrogens is 335 g/mol. The lowest BCUT2D eigenvalue weighted by Crippen LogP contribution is -2.42. The molecular formula is C12H16BrFN2O2S. The van der Waals surface area contributed by atoms with Gasteiger partial charge in [-0.15, -0.1) is 0 Å². The molecule has 0 spiro atoms. The van der Waals surface area contributed by atoms with Gasteiger partial charge in [0.15, 0.2) is 0 Å². The Morgan fingerprint density at radius 2 is 2.11 bits per heavy atom. The molecule has 0 bridgehead atoms. The average molecular weight is 351 g/mol. The highest BCUT2D eigenvalue weighted by Crippen LogP contribution is 2.31. The van der Waals surface area contributed by atoms with E-state index in [2.05, 4.69) is 15.9 Å². The molecule has 0 amide bonds. The molecule has 1 unspecified atom stereocenters. The van der Waals surface area contributed by atoms with Gasteiger partial charge in [0.25, 0.3) is 0 Å². The Labute approximate surface area is 121 Å². The van der Waals surface area contributed by atoms with Crippen molar-refractivity contribution in [3.63, 3.8) is 0 Å².